The molecule has 1 atom stereocenters. The lowest BCUT2D eigenvalue weighted by atomic mass is 10.0. The van der Waals surface area contributed by atoms with Crippen molar-refractivity contribution in [3.8, 4) is 11.5 Å². The molecule has 3 rings (SSSR count). The molecule has 38 heavy (non-hydrogen) atoms. The molecule has 3 aromatic carbocycles. The minimum Gasteiger partial charge on any atom is -0.497 e. The number of hydrogen-bond acceptors (Lipinski definition) is 4. The number of rotatable bonds is 11. The standard InChI is InChI=1S/C32H40N2O4/c1-23(2)27-17-10-11-18-29(27)38-22-30(35)34(21-25-15-12-16-26(19-25)37-6)28(31(36)33-32(3,4)5)20-24-13-8-7-9-14-24/h7-19,23,28H,20-22H2,1-6H3,(H,33,36)/t28-/m1/s1. The topological polar surface area (TPSA) is 67.9 Å². The molecule has 1 N–H and O–H groups in total. The Kier molecular flexibility index (Phi) is 9.94. The molecular formula is C32H40N2O4. The lowest BCUT2D eigenvalue weighted by Gasteiger charge is -2.34. The largest absolute Gasteiger partial charge is 0.497 e. The molecule has 3 aromatic rings. The van der Waals surface area contributed by atoms with Crippen LogP contribution in [-0.4, -0.2) is 42.0 Å². The van der Waals surface area contributed by atoms with Crippen molar-refractivity contribution < 1.29 is 19.1 Å². The van der Waals surface area contributed by atoms with Crippen LogP contribution >= 0.6 is 0 Å². The molecule has 6 heteroatoms. The molecule has 0 saturated heterocycles. The summed E-state index contributed by atoms with van der Waals surface area (Å²) in [6.45, 7) is 10.0. The number of ether oxygens (including phenoxy) is 2. The SMILES string of the molecule is COc1cccc(CN(C(=O)COc2ccccc2C(C)C)[C@H](Cc2ccccc2)C(=O)NC(C)(C)C)c1. The summed E-state index contributed by atoms with van der Waals surface area (Å²) in [4.78, 5) is 29.1. The quantitative estimate of drug-likeness (QED) is 0.352. The maximum Gasteiger partial charge on any atom is 0.261 e. The summed E-state index contributed by atoms with van der Waals surface area (Å²) >= 11 is 0. The number of para-hydroxylation sites is 1. The Morgan fingerprint density at radius 2 is 1.55 bits per heavy atom. The molecule has 0 spiro atoms. The summed E-state index contributed by atoms with van der Waals surface area (Å²) in [5, 5.41) is 3.08. The Morgan fingerprint density at radius 3 is 2.21 bits per heavy atom. The third kappa shape index (κ3) is 8.37. The van der Waals surface area contributed by atoms with Gasteiger partial charge in [-0.1, -0.05) is 74.5 Å². The van der Waals surface area contributed by atoms with Crippen molar-refractivity contribution in [1.82, 2.24) is 10.2 Å². The van der Waals surface area contributed by atoms with Gasteiger partial charge in [0.1, 0.15) is 17.5 Å². The zero-order valence-corrected chi connectivity index (χ0v) is 23.4. The van der Waals surface area contributed by atoms with E-state index in [9.17, 15) is 9.59 Å². The van der Waals surface area contributed by atoms with Gasteiger partial charge < -0.3 is 19.7 Å². The van der Waals surface area contributed by atoms with Gasteiger partial charge in [-0.05, 0) is 61.6 Å². The molecule has 0 bridgehead atoms. The number of nitrogens with one attached hydrogen (secondary N) is 1. The summed E-state index contributed by atoms with van der Waals surface area (Å²) in [6, 6.07) is 24.3. The van der Waals surface area contributed by atoms with E-state index in [2.05, 4.69) is 19.2 Å². The van der Waals surface area contributed by atoms with Crippen LogP contribution in [-0.2, 0) is 22.6 Å². The van der Waals surface area contributed by atoms with Crippen molar-refractivity contribution in [2.75, 3.05) is 13.7 Å². The summed E-state index contributed by atoms with van der Waals surface area (Å²) < 4.78 is 11.5. The molecule has 0 heterocycles. The van der Waals surface area contributed by atoms with Gasteiger partial charge >= 0.3 is 0 Å². The molecule has 0 aliphatic rings. The first-order valence-corrected chi connectivity index (χ1v) is 13.1. The highest BCUT2D eigenvalue weighted by Crippen LogP contribution is 2.26. The second-order valence-electron chi connectivity index (χ2n) is 10.8. The van der Waals surface area contributed by atoms with Crippen LogP contribution < -0.4 is 14.8 Å². The van der Waals surface area contributed by atoms with Crippen LogP contribution in [0.25, 0.3) is 0 Å². The van der Waals surface area contributed by atoms with Crippen molar-refractivity contribution in [2.45, 2.75) is 65.1 Å². The highest BCUT2D eigenvalue weighted by Gasteiger charge is 2.32. The molecule has 0 aliphatic heterocycles. The van der Waals surface area contributed by atoms with Gasteiger partial charge in [0.2, 0.25) is 5.91 Å². The molecule has 0 aliphatic carbocycles. The summed E-state index contributed by atoms with van der Waals surface area (Å²) in [7, 11) is 1.61. The predicted molar refractivity (Wildman–Crippen MR) is 151 cm³/mol. The highest BCUT2D eigenvalue weighted by molar-refractivity contribution is 5.89. The van der Waals surface area contributed by atoms with Crippen molar-refractivity contribution in [2.24, 2.45) is 0 Å². The number of amides is 2. The Labute approximate surface area is 227 Å². The fourth-order valence-corrected chi connectivity index (χ4v) is 4.29. The molecule has 2 amide bonds. The van der Waals surface area contributed by atoms with Gasteiger partial charge in [0.15, 0.2) is 6.61 Å². The van der Waals surface area contributed by atoms with E-state index in [-0.39, 0.29) is 30.9 Å². The third-order valence-corrected chi connectivity index (χ3v) is 6.15. The molecule has 0 unspecified atom stereocenters. The van der Waals surface area contributed by atoms with Crippen LogP contribution in [0.5, 0.6) is 11.5 Å². The Morgan fingerprint density at radius 1 is 0.895 bits per heavy atom. The minimum absolute atomic E-state index is 0.179. The molecule has 0 aromatic heterocycles. The minimum atomic E-state index is -0.737. The zero-order chi connectivity index (χ0) is 27.7. The summed E-state index contributed by atoms with van der Waals surface area (Å²) in [6.07, 6.45) is 0.376. The highest BCUT2D eigenvalue weighted by atomic mass is 16.5. The van der Waals surface area contributed by atoms with E-state index in [0.29, 0.717) is 17.9 Å². The van der Waals surface area contributed by atoms with Crippen molar-refractivity contribution in [3.05, 3.63) is 95.6 Å². The first-order chi connectivity index (χ1) is 18.1. The molecule has 0 fully saturated rings. The van der Waals surface area contributed by atoms with Crippen molar-refractivity contribution in [3.63, 3.8) is 0 Å². The Hall–Kier alpha value is -3.80. The molecule has 202 valence electrons. The van der Waals surface area contributed by atoms with E-state index >= 15 is 0 Å². The number of benzene rings is 3. The Bertz CT molecular complexity index is 1200. The van der Waals surface area contributed by atoms with Crippen LogP contribution in [0.4, 0.5) is 0 Å². The smallest absolute Gasteiger partial charge is 0.261 e. The van der Waals surface area contributed by atoms with E-state index in [1.807, 2.05) is 99.6 Å². The molecular weight excluding hydrogens is 476 g/mol. The molecule has 6 nitrogen and oxygen atoms in total. The van der Waals surface area contributed by atoms with Crippen LogP contribution in [0.1, 0.15) is 57.2 Å². The summed E-state index contributed by atoms with van der Waals surface area (Å²) in [5.41, 5.74) is 2.41. The van der Waals surface area contributed by atoms with E-state index in [0.717, 1.165) is 16.7 Å². The third-order valence-electron chi connectivity index (χ3n) is 6.15. The lowest BCUT2D eigenvalue weighted by Crippen LogP contribution is -2.55. The van der Waals surface area contributed by atoms with Gasteiger partial charge in [0.25, 0.3) is 5.91 Å². The fraction of sp³-hybridized carbons (Fsp3) is 0.375. The number of nitrogens with zero attached hydrogens (tertiary/aromatic N) is 1. The average Bonchev–Trinajstić information content (AvgIpc) is 2.89. The van der Waals surface area contributed by atoms with Crippen molar-refractivity contribution in [1.29, 1.82) is 0 Å². The van der Waals surface area contributed by atoms with E-state index in [4.69, 9.17) is 9.47 Å². The number of carbonyl (C=O) groups is 2. The van der Waals surface area contributed by atoms with Crippen LogP contribution in [0.2, 0.25) is 0 Å². The zero-order valence-electron chi connectivity index (χ0n) is 23.4. The lowest BCUT2D eigenvalue weighted by molar-refractivity contribution is -0.143. The molecule has 0 radical (unpaired) electrons. The maximum atomic E-state index is 13.8. The number of methoxy groups -OCH3 is 1. The van der Waals surface area contributed by atoms with Gasteiger partial charge in [-0.2, -0.15) is 0 Å². The predicted octanol–water partition coefficient (Wildman–Crippen LogP) is 5.75. The summed E-state index contributed by atoms with van der Waals surface area (Å²) in [5.74, 6) is 1.14. The number of hydrogen-bond donors (Lipinski definition) is 1. The first kappa shape index (κ1) is 28.8. The van der Waals surface area contributed by atoms with E-state index in [1.165, 1.54) is 0 Å². The van der Waals surface area contributed by atoms with E-state index in [1.54, 1.807) is 12.0 Å². The van der Waals surface area contributed by atoms with Gasteiger partial charge in [-0.15, -0.1) is 0 Å². The molecule has 0 saturated carbocycles. The van der Waals surface area contributed by atoms with Gasteiger partial charge in [0.05, 0.1) is 7.11 Å². The second-order valence-corrected chi connectivity index (χ2v) is 10.8. The van der Waals surface area contributed by atoms with E-state index < -0.39 is 11.6 Å². The van der Waals surface area contributed by atoms with Crippen LogP contribution in [0.3, 0.4) is 0 Å². The number of carbonyl (C=O) groups excluding carboxylic acids is 2. The first-order valence-electron chi connectivity index (χ1n) is 13.1. The van der Waals surface area contributed by atoms with Crippen LogP contribution in [0.15, 0.2) is 78.9 Å². The van der Waals surface area contributed by atoms with Gasteiger partial charge in [-0.3, -0.25) is 9.59 Å². The second kappa shape index (κ2) is 13.1. The monoisotopic (exact) mass is 516 g/mol. The van der Waals surface area contributed by atoms with Gasteiger partial charge in [-0.25, -0.2) is 0 Å². The van der Waals surface area contributed by atoms with Crippen molar-refractivity contribution >= 4 is 11.8 Å². The van der Waals surface area contributed by atoms with Gasteiger partial charge in [0, 0.05) is 18.5 Å². The normalized spacial score (nSPS) is 12.1. The average molecular weight is 517 g/mol. The fourth-order valence-electron chi connectivity index (χ4n) is 4.29. The Balaban J connectivity index is 1.96. The van der Waals surface area contributed by atoms with Crippen LogP contribution in [0, 0.1) is 0 Å². The maximum absolute atomic E-state index is 13.8.